The van der Waals surface area contributed by atoms with Crippen LogP contribution in [0.3, 0.4) is 0 Å². The zero-order chi connectivity index (χ0) is 34.9. The van der Waals surface area contributed by atoms with Gasteiger partial charge in [0.25, 0.3) is 0 Å². The molecule has 53 heavy (non-hydrogen) atoms. The van der Waals surface area contributed by atoms with Crippen molar-refractivity contribution < 1.29 is 48.0 Å². The minimum absolute atomic E-state index is 0. The number of fused-ring (bicyclic) bond motifs is 2. The summed E-state index contributed by atoms with van der Waals surface area (Å²) in [7, 11) is 0. The van der Waals surface area contributed by atoms with E-state index in [1.807, 2.05) is 24.5 Å². The molecule has 0 fully saturated rings. The van der Waals surface area contributed by atoms with Crippen LogP contribution in [0.4, 0.5) is 0 Å². The molecule has 0 bridgehead atoms. The van der Waals surface area contributed by atoms with Crippen LogP contribution >= 0.6 is 0 Å². The Bertz CT molecular complexity index is 2070. The van der Waals surface area contributed by atoms with E-state index < -0.39 is 23.2 Å². The number of hydrogen-bond acceptors (Lipinski definition) is 2. The number of allylic oxidation sites excluding steroid dienone is 2. The van der Waals surface area contributed by atoms with Crippen molar-refractivity contribution in [3.05, 3.63) is 178 Å². The summed E-state index contributed by atoms with van der Waals surface area (Å²) in [6.45, 7) is 9.16. The van der Waals surface area contributed by atoms with E-state index in [2.05, 4.69) is 149 Å². The molecule has 0 N–H and O–H groups in total. The molecule has 0 radical (unpaired) electrons. The third kappa shape index (κ3) is 7.59. The van der Waals surface area contributed by atoms with Crippen LogP contribution in [0.2, 0.25) is 0 Å². The van der Waals surface area contributed by atoms with E-state index >= 15 is 0 Å². The molecule has 5 heteroatoms. The summed E-state index contributed by atoms with van der Waals surface area (Å²) in [5, 5.41) is 0. The fourth-order valence-corrected chi connectivity index (χ4v) is 12.8. The third-order valence-corrected chi connectivity index (χ3v) is 15.9. The minimum atomic E-state index is -1.29. The second-order valence-electron chi connectivity index (χ2n) is 14.1. The number of rotatable bonds is 10. The number of benzene rings is 4. The van der Waals surface area contributed by atoms with Gasteiger partial charge in [-0.2, -0.15) is 0 Å². The Balaban J connectivity index is 0.00000240. The first-order valence-corrected chi connectivity index (χ1v) is 21.4. The molecule has 2 aromatic heterocycles. The molecule has 0 saturated carbocycles. The molecular weight excluding hydrogens is 767 g/mol. The van der Waals surface area contributed by atoms with Crippen LogP contribution in [0.15, 0.2) is 134 Å². The van der Waals surface area contributed by atoms with Gasteiger partial charge in [-0.1, -0.05) is 0 Å². The standard InChI is InChI=1S/2C24H22N.2ClH.Zr/c2*1-3-17(2)18-10-12-19(13-11-18)22-8-6-7-20-15-21(16-23(20)22)24-9-4-5-14-25-24;;;/h2*4-17H,3H2,1-2H3;2*1H;/q;;;;+2/p-2. The van der Waals surface area contributed by atoms with Gasteiger partial charge in [-0.25, -0.2) is 0 Å². The fraction of sp³-hybridized carbons (Fsp3) is 0.208. The molecule has 2 heterocycles. The smallest absolute Gasteiger partial charge is 1.00 e. The molecule has 4 atom stereocenters. The molecule has 2 nitrogen and oxygen atoms in total. The van der Waals surface area contributed by atoms with Crippen LogP contribution in [0.25, 0.3) is 45.6 Å². The minimum Gasteiger partial charge on any atom is -1.00 e. The zero-order valence-corrected chi connectivity index (χ0v) is 34.7. The normalized spacial score (nSPS) is 16.5. The molecule has 0 spiro atoms. The Labute approximate surface area is 339 Å². The second-order valence-corrected chi connectivity index (χ2v) is 17.8. The average Bonchev–Trinajstić information content (AvgIpc) is 3.77. The first-order chi connectivity index (χ1) is 25.0. The van der Waals surface area contributed by atoms with Crippen molar-refractivity contribution in [2.75, 3.05) is 0 Å². The Kier molecular flexibility index (Phi) is 12.5. The molecule has 4 unspecified atom stereocenters. The van der Waals surface area contributed by atoms with Crippen LogP contribution in [0.1, 0.15) is 104 Å². The number of nitrogens with zero attached hydrogens (tertiary/aromatic N) is 2. The molecule has 0 aliphatic heterocycles. The Morgan fingerprint density at radius 3 is 1.28 bits per heavy atom. The van der Waals surface area contributed by atoms with Crippen LogP contribution in [0, 0.1) is 0 Å². The summed E-state index contributed by atoms with van der Waals surface area (Å²) in [5.74, 6) is 1.13. The number of hydrogen-bond donors (Lipinski definition) is 0. The van der Waals surface area contributed by atoms with Gasteiger partial charge in [-0.15, -0.1) is 0 Å². The van der Waals surface area contributed by atoms with Crippen molar-refractivity contribution in [3.8, 4) is 22.3 Å². The van der Waals surface area contributed by atoms with E-state index in [0.29, 0.717) is 19.1 Å². The molecule has 6 aromatic rings. The molecule has 2 aliphatic carbocycles. The van der Waals surface area contributed by atoms with Gasteiger partial charge in [-0.3, -0.25) is 0 Å². The molecule has 2 aliphatic rings. The summed E-state index contributed by atoms with van der Waals surface area (Å²) in [6, 6.07) is 45.2. The molecule has 0 amide bonds. The molecule has 8 rings (SSSR count). The predicted octanol–water partition coefficient (Wildman–Crippen LogP) is 6.82. The SMILES string of the molecule is CCC(C)c1ccc(-c2cccc3c2C=C(c2ccccn2)[CH]3[Zr+2][CH]2C(c3ccccn3)=Cc3c(-c4ccc(C(C)CC)cc4)cccc32)cc1.[Cl-].[Cl-]. The van der Waals surface area contributed by atoms with Crippen molar-refractivity contribution in [1.82, 2.24) is 9.97 Å². The first kappa shape index (κ1) is 38.8. The number of halogens is 2. The Hall–Kier alpha value is -3.88. The summed E-state index contributed by atoms with van der Waals surface area (Å²) >= 11 is -1.29. The van der Waals surface area contributed by atoms with Gasteiger partial charge in [-0.05, 0) is 0 Å². The molecule has 0 saturated heterocycles. The number of aromatic nitrogens is 2. The summed E-state index contributed by atoms with van der Waals surface area (Å²) in [5.41, 5.74) is 18.6. The first-order valence-electron chi connectivity index (χ1n) is 18.5. The van der Waals surface area contributed by atoms with Crippen molar-refractivity contribution in [2.45, 2.75) is 59.6 Å². The summed E-state index contributed by atoms with van der Waals surface area (Å²) in [4.78, 5) is 9.89. The van der Waals surface area contributed by atoms with Crippen molar-refractivity contribution >= 4 is 23.3 Å². The maximum Gasteiger partial charge on any atom is -1.00 e. The number of pyridine rings is 2. The largest absolute Gasteiger partial charge is 1.00 e. The van der Waals surface area contributed by atoms with Crippen molar-refractivity contribution in [2.24, 2.45) is 0 Å². The Morgan fingerprint density at radius 1 is 0.509 bits per heavy atom. The topological polar surface area (TPSA) is 25.8 Å². The fourth-order valence-electron chi connectivity index (χ4n) is 7.80. The molecule has 4 aromatic carbocycles. The van der Waals surface area contributed by atoms with Crippen LogP contribution in [0.5, 0.6) is 0 Å². The predicted molar refractivity (Wildman–Crippen MR) is 211 cm³/mol. The monoisotopic (exact) mass is 808 g/mol. The zero-order valence-electron chi connectivity index (χ0n) is 30.7. The van der Waals surface area contributed by atoms with Gasteiger partial charge in [0.05, 0.1) is 0 Å². The summed E-state index contributed by atoms with van der Waals surface area (Å²) < 4.78 is 0.693. The van der Waals surface area contributed by atoms with Crippen molar-refractivity contribution in [1.29, 1.82) is 0 Å². The van der Waals surface area contributed by atoms with E-state index in [9.17, 15) is 0 Å². The van der Waals surface area contributed by atoms with Crippen LogP contribution in [-0.2, 0) is 23.2 Å². The molecular formula is C48H44Cl2N2Zr. The van der Waals surface area contributed by atoms with E-state index in [1.54, 1.807) is 0 Å². The van der Waals surface area contributed by atoms with Crippen LogP contribution in [-0.4, -0.2) is 9.97 Å². The maximum atomic E-state index is 4.94. The van der Waals surface area contributed by atoms with Gasteiger partial charge in [0.2, 0.25) is 0 Å². The van der Waals surface area contributed by atoms with Gasteiger partial charge in [0.1, 0.15) is 0 Å². The second kappa shape index (κ2) is 17.1. The van der Waals surface area contributed by atoms with Gasteiger partial charge in [0, 0.05) is 0 Å². The average molecular weight is 811 g/mol. The van der Waals surface area contributed by atoms with E-state index in [1.165, 1.54) is 66.8 Å². The van der Waals surface area contributed by atoms with E-state index in [-0.39, 0.29) is 24.8 Å². The van der Waals surface area contributed by atoms with Crippen LogP contribution < -0.4 is 24.8 Å². The summed E-state index contributed by atoms with van der Waals surface area (Å²) in [6.07, 6.45) is 11.1. The van der Waals surface area contributed by atoms with Gasteiger partial charge in [0.15, 0.2) is 0 Å². The quantitative estimate of drug-likeness (QED) is 0.152. The maximum absolute atomic E-state index is 4.94. The third-order valence-electron chi connectivity index (χ3n) is 11.2. The Morgan fingerprint density at radius 2 is 0.925 bits per heavy atom. The van der Waals surface area contributed by atoms with E-state index in [0.717, 1.165) is 24.2 Å². The van der Waals surface area contributed by atoms with E-state index in [4.69, 9.17) is 9.97 Å². The van der Waals surface area contributed by atoms with Crippen molar-refractivity contribution in [3.63, 3.8) is 0 Å². The van der Waals surface area contributed by atoms with Gasteiger partial charge >= 0.3 is 317 Å². The van der Waals surface area contributed by atoms with Gasteiger partial charge < -0.3 is 24.8 Å². The molecule has 264 valence electrons.